The number of imidazole rings is 1. The van der Waals surface area contributed by atoms with Crippen LogP contribution in [0.1, 0.15) is 18.1 Å². The number of aromatic nitrogens is 5. The van der Waals surface area contributed by atoms with E-state index >= 15 is 0 Å². The lowest BCUT2D eigenvalue weighted by molar-refractivity contribution is 0.301. The maximum absolute atomic E-state index is 5.45. The fourth-order valence-electron chi connectivity index (χ4n) is 3.26. The first-order valence-corrected chi connectivity index (χ1v) is 9.08. The van der Waals surface area contributed by atoms with Gasteiger partial charge in [-0.3, -0.25) is 0 Å². The highest BCUT2D eigenvalue weighted by molar-refractivity contribution is 5.81. The van der Waals surface area contributed by atoms with Gasteiger partial charge in [-0.2, -0.15) is 4.52 Å². The largest absolute Gasteiger partial charge is 0.497 e. The Labute approximate surface area is 163 Å². The zero-order valence-corrected chi connectivity index (χ0v) is 16.3. The van der Waals surface area contributed by atoms with Gasteiger partial charge >= 0.3 is 6.01 Å². The molecule has 0 N–H and O–H groups in total. The SMILES string of the molecule is CCOc1nnc2nc(-c3ccc(OC)cc3)c(-c3cc(C)cc(C)c3)n2n1. The molecule has 0 aliphatic heterocycles. The summed E-state index contributed by atoms with van der Waals surface area (Å²) >= 11 is 0. The number of hydrogen-bond donors (Lipinski definition) is 0. The minimum Gasteiger partial charge on any atom is -0.497 e. The van der Waals surface area contributed by atoms with E-state index in [0.29, 0.717) is 12.4 Å². The first-order chi connectivity index (χ1) is 13.6. The van der Waals surface area contributed by atoms with E-state index in [1.807, 2.05) is 31.2 Å². The Morgan fingerprint density at radius 2 is 1.64 bits per heavy atom. The third-order valence-corrected chi connectivity index (χ3v) is 4.38. The van der Waals surface area contributed by atoms with Gasteiger partial charge in [-0.15, -0.1) is 10.2 Å². The van der Waals surface area contributed by atoms with Crippen molar-refractivity contribution in [2.24, 2.45) is 0 Å². The van der Waals surface area contributed by atoms with Crippen LogP contribution in [-0.2, 0) is 0 Å². The minimum absolute atomic E-state index is 0.222. The first kappa shape index (κ1) is 17.9. The predicted molar refractivity (Wildman–Crippen MR) is 107 cm³/mol. The smallest absolute Gasteiger partial charge is 0.353 e. The summed E-state index contributed by atoms with van der Waals surface area (Å²) in [4.78, 5) is 4.71. The zero-order valence-electron chi connectivity index (χ0n) is 16.3. The first-order valence-electron chi connectivity index (χ1n) is 9.08. The molecule has 4 aromatic rings. The Kier molecular flexibility index (Phi) is 4.65. The molecule has 28 heavy (non-hydrogen) atoms. The van der Waals surface area contributed by atoms with Gasteiger partial charge in [0.15, 0.2) is 0 Å². The Morgan fingerprint density at radius 3 is 2.29 bits per heavy atom. The summed E-state index contributed by atoms with van der Waals surface area (Å²) in [5.41, 5.74) is 5.92. The quantitative estimate of drug-likeness (QED) is 0.527. The van der Waals surface area contributed by atoms with E-state index in [2.05, 4.69) is 47.3 Å². The molecule has 7 nitrogen and oxygen atoms in total. The van der Waals surface area contributed by atoms with Crippen LogP contribution in [0.5, 0.6) is 11.8 Å². The second-order valence-electron chi connectivity index (χ2n) is 6.54. The molecule has 7 heteroatoms. The molecule has 0 saturated heterocycles. The normalized spacial score (nSPS) is 11.0. The second-order valence-corrected chi connectivity index (χ2v) is 6.54. The molecule has 0 bridgehead atoms. The van der Waals surface area contributed by atoms with Gasteiger partial charge in [0.2, 0.25) is 0 Å². The molecule has 0 aliphatic carbocycles. The number of ether oxygens (including phenoxy) is 2. The number of hydrogen-bond acceptors (Lipinski definition) is 6. The topological polar surface area (TPSA) is 74.4 Å². The number of methoxy groups -OCH3 is 1. The molecule has 0 radical (unpaired) electrons. The molecule has 0 saturated carbocycles. The van der Waals surface area contributed by atoms with Crippen molar-refractivity contribution in [3.05, 3.63) is 53.6 Å². The van der Waals surface area contributed by atoms with Crippen molar-refractivity contribution < 1.29 is 9.47 Å². The average Bonchev–Trinajstić information content (AvgIpc) is 3.06. The Morgan fingerprint density at radius 1 is 0.929 bits per heavy atom. The fraction of sp³-hybridized carbons (Fsp3) is 0.238. The maximum Gasteiger partial charge on any atom is 0.353 e. The van der Waals surface area contributed by atoms with E-state index in [4.69, 9.17) is 14.5 Å². The highest BCUT2D eigenvalue weighted by atomic mass is 16.5. The highest BCUT2D eigenvalue weighted by Crippen LogP contribution is 2.33. The Bertz CT molecular complexity index is 1120. The molecule has 2 aromatic heterocycles. The molecule has 2 aromatic carbocycles. The monoisotopic (exact) mass is 375 g/mol. The Balaban J connectivity index is 1.99. The van der Waals surface area contributed by atoms with Crippen LogP contribution in [0.2, 0.25) is 0 Å². The van der Waals surface area contributed by atoms with Crippen molar-refractivity contribution in [3.8, 4) is 34.3 Å². The standard InChI is InChI=1S/C21H21N5O2/c1-5-28-21-24-23-20-22-18(15-6-8-17(27-4)9-7-15)19(26(20)25-21)16-11-13(2)10-14(3)12-16/h6-12H,5H2,1-4H3. The maximum atomic E-state index is 5.45. The van der Waals surface area contributed by atoms with Gasteiger partial charge in [0.25, 0.3) is 5.78 Å². The van der Waals surface area contributed by atoms with Crippen molar-refractivity contribution in [1.82, 2.24) is 24.8 Å². The minimum atomic E-state index is 0.222. The van der Waals surface area contributed by atoms with Crippen molar-refractivity contribution in [3.63, 3.8) is 0 Å². The summed E-state index contributed by atoms with van der Waals surface area (Å²) in [6, 6.07) is 14.4. The molecule has 142 valence electrons. The zero-order chi connectivity index (χ0) is 19.7. The van der Waals surface area contributed by atoms with Crippen molar-refractivity contribution in [2.75, 3.05) is 13.7 Å². The van der Waals surface area contributed by atoms with Crippen LogP contribution >= 0.6 is 0 Å². The molecule has 2 heterocycles. The van der Waals surface area contributed by atoms with Crippen LogP contribution < -0.4 is 9.47 Å². The van der Waals surface area contributed by atoms with E-state index in [1.54, 1.807) is 11.6 Å². The number of aryl methyl sites for hydroxylation is 2. The summed E-state index contributed by atoms with van der Waals surface area (Å²) in [5.74, 6) is 1.21. The summed E-state index contributed by atoms with van der Waals surface area (Å²) in [7, 11) is 1.65. The molecule has 0 spiro atoms. The molecule has 4 rings (SSSR count). The van der Waals surface area contributed by atoms with Crippen LogP contribution in [-0.4, -0.2) is 38.5 Å². The number of fused-ring (bicyclic) bond motifs is 1. The predicted octanol–water partition coefficient (Wildman–Crippen LogP) is 3.88. The van der Waals surface area contributed by atoms with E-state index in [1.165, 1.54) is 0 Å². The van der Waals surface area contributed by atoms with Crippen molar-refractivity contribution >= 4 is 5.78 Å². The van der Waals surface area contributed by atoms with Gasteiger partial charge in [-0.25, -0.2) is 4.98 Å². The molecular weight excluding hydrogens is 354 g/mol. The van der Waals surface area contributed by atoms with E-state index in [0.717, 1.165) is 39.4 Å². The van der Waals surface area contributed by atoms with Crippen LogP contribution in [0.3, 0.4) is 0 Å². The molecule has 0 amide bonds. The highest BCUT2D eigenvalue weighted by Gasteiger charge is 2.19. The fourth-order valence-corrected chi connectivity index (χ4v) is 3.26. The van der Waals surface area contributed by atoms with Gasteiger partial charge in [0, 0.05) is 11.1 Å². The van der Waals surface area contributed by atoms with Crippen molar-refractivity contribution in [1.29, 1.82) is 0 Å². The molecule has 0 unspecified atom stereocenters. The summed E-state index contributed by atoms with van der Waals surface area (Å²) in [6.45, 7) is 6.50. The molecule has 0 atom stereocenters. The van der Waals surface area contributed by atoms with Crippen LogP contribution in [0, 0.1) is 13.8 Å². The van der Waals surface area contributed by atoms with Crippen LogP contribution in [0.4, 0.5) is 0 Å². The van der Waals surface area contributed by atoms with Crippen molar-refractivity contribution in [2.45, 2.75) is 20.8 Å². The third-order valence-electron chi connectivity index (χ3n) is 4.38. The van der Waals surface area contributed by atoms with Crippen LogP contribution in [0.25, 0.3) is 28.3 Å². The lowest BCUT2D eigenvalue weighted by Crippen LogP contribution is -2.05. The Hall–Kier alpha value is -3.48. The lowest BCUT2D eigenvalue weighted by atomic mass is 10.0. The van der Waals surface area contributed by atoms with E-state index < -0.39 is 0 Å². The summed E-state index contributed by atoms with van der Waals surface area (Å²) in [6.07, 6.45) is 0. The number of nitrogens with zero attached hydrogens (tertiary/aromatic N) is 5. The summed E-state index contributed by atoms with van der Waals surface area (Å²) < 4.78 is 12.4. The lowest BCUT2D eigenvalue weighted by Gasteiger charge is -2.08. The second kappa shape index (κ2) is 7.26. The molecule has 0 aliphatic rings. The number of benzene rings is 2. The summed E-state index contributed by atoms with van der Waals surface area (Å²) in [5, 5.41) is 12.7. The third kappa shape index (κ3) is 3.26. The van der Waals surface area contributed by atoms with E-state index in [9.17, 15) is 0 Å². The van der Waals surface area contributed by atoms with Gasteiger partial charge in [-0.05, 0) is 57.2 Å². The molecule has 0 fully saturated rings. The number of rotatable bonds is 5. The average molecular weight is 375 g/mol. The van der Waals surface area contributed by atoms with Gasteiger partial charge < -0.3 is 9.47 Å². The molecular formula is C21H21N5O2. The van der Waals surface area contributed by atoms with Crippen LogP contribution in [0.15, 0.2) is 42.5 Å². The van der Waals surface area contributed by atoms with Gasteiger partial charge in [-0.1, -0.05) is 22.3 Å². The van der Waals surface area contributed by atoms with E-state index in [-0.39, 0.29) is 6.01 Å². The van der Waals surface area contributed by atoms with Gasteiger partial charge in [0.1, 0.15) is 17.1 Å². The van der Waals surface area contributed by atoms with Gasteiger partial charge in [0.05, 0.1) is 13.7 Å².